The summed E-state index contributed by atoms with van der Waals surface area (Å²) in [5.41, 5.74) is 0. The molecule has 0 aromatic heterocycles. The summed E-state index contributed by atoms with van der Waals surface area (Å²) in [6.45, 7) is 6.52. The van der Waals surface area contributed by atoms with Crippen LogP contribution in [0.3, 0.4) is 0 Å². The van der Waals surface area contributed by atoms with Crippen molar-refractivity contribution in [3.8, 4) is 0 Å². The fraction of sp³-hybridized carbons (Fsp3) is 0.923. The maximum Gasteiger partial charge on any atom is 0.308 e. The van der Waals surface area contributed by atoms with Crippen LogP contribution >= 0.6 is 0 Å². The summed E-state index contributed by atoms with van der Waals surface area (Å²) in [4.78, 5) is 13.4. The fourth-order valence-corrected chi connectivity index (χ4v) is 2.37. The van der Waals surface area contributed by atoms with E-state index in [9.17, 15) is 4.79 Å². The van der Waals surface area contributed by atoms with E-state index in [1.54, 1.807) is 0 Å². The van der Waals surface area contributed by atoms with Crippen LogP contribution in [0.5, 0.6) is 0 Å². The molecule has 0 aromatic rings. The summed E-state index contributed by atoms with van der Waals surface area (Å²) in [5, 5.41) is 9.08. The van der Waals surface area contributed by atoms with Crippen LogP contribution in [0.15, 0.2) is 0 Å². The SMILES string of the molecule is CCCCN(CCCC)C1CCC1C(=O)O. The minimum atomic E-state index is -0.603. The zero-order valence-corrected chi connectivity index (χ0v) is 10.6. The zero-order valence-electron chi connectivity index (χ0n) is 10.6. The number of carbonyl (C=O) groups is 1. The van der Waals surface area contributed by atoms with Crippen LogP contribution in [-0.4, -0.2) is 35.1 Å². The third-order valence-electron chi connectivity index (χ3n) is 3.62. The lowest BCUT2D eigenvalue weighted by molar-refractivity contribution is -0.149. The van der Waals surface area contributed by atoms with Gasteiger partial charge in [0.15, 0.2) is 0 Å². The number of hydrogen-bond donors (Lipinski definition) is 1. The molecule has 1 N–H and O–H groups in total. The highest BCUT2D eigenvalue weighted by molar-refractivity contribution is 5.72. The van der Waals surface area contributed by atoms with Gasteiger partial charge in [-0.25, -0.2) is 0 Å². The molecule has 1 saturated carbocycles. The van der Waals surface area contributed by atoms with E-state index in [1.165, 1.54) is 25.7 Å². The monoisotopic (exact) mass is 227 g/mol. The second-order valence-electron chi connectivity index (χ2n) is 4.83. The normalized spacial score (nSPS) is 24.4. The number of hydrogen-bond acceptors (Lipinski definition) is 2. The van der Waals surface area contributed by atoms with Crippen molar-refractivity contribution >= 4 is 5.97 Å². The zero-order chi connectivity index (χ0) is 12.0. The van der Waals surface area contributed by atoms with Crippen molar-refractivity contribution in [1.29, 1.82) is 0 Å². The fourth-order valence-electron chi connectivity index (χ4n) is 2.37. The molecule has 0 bridgehead atoms. The van der Waals surface area contributed by atoms with Crippen LogP contribution in [-0.2, 0) is 4.79 Å². The summed E-state index contributed by atoms with van der Waals surface area (Å²) in [7, 11) is 0. The third kappa shape index (κ3) is 3.48. The molecule has 0 aromatic carbocycles. The highest BCUT2D eigenvalue weighted by Gasteiger charge is 2.39. The second-order valence-corrected chi connectivity index (χ2v) is 4.83. The van der Waals surface area contributed by atoms with Gasteiger partial charge >= 0.3 is 5.97 Å². The van der Waals surface area contributed by atoms with Crippen molar-refractivity contribution in [2.24, 2.45) is 5.92 Å². The predicted molar refractivity (Wildman–Crippen MR) is 65.5 cm³/mol. The highest BCUT2D eigenvalue weighted by atomic mass is 16.4. The number of rotatable bonds is 8. The van der Waals surface area contributed by atoms with Gasteiger partial charge in [-0.05, 0) is 38.8 Å². The average Bonchev–Trinajstić information content (AvgIpc) is 2.19. The second kappa shape index (κ2) is 6.89. The molecule has 1 aliphatic rings. The number of carboxylic acids is 1. The molecule has 1 rings (SSSR count). The van der Waals surface area contributed by atoms with E-state index >= 15 is 0 Å². The van der Waals surface area contributed by atoms with Crippen molar-refractivity contribution in [1.82, 2.24) is 4.90 Å². The van der Waals surface area contributed by atoms with Crippen LogP contribution < -0.4 is 0 Å². The number of nitrogens with zero attached hydrogens (tertiary/aromatic N) is 1. The third-order valence-corrected chi connectivity index (χ3v) is 3.62. The molecular formula is C13H25NO2. The predicted octanol–water partition coefficient (Wildman–Crippen LogP) is 2.75. The van der Waals surface area contributed by atoms with Gasteiger partial charge in [0.2, 0.25) is 0 Å². The maximum atomic E-state index is 11.0. The van der Waals surface area contributed by atoms with Crippen LogP contribution in [0, 0.1) is 5.92 Å². The van der Waals surface area contributed by atoms with E-state index in [0.717, 1.165) is 25.9 Å². The summed E-state index contributed by atoms with van der Waals surface area (Å²) in [5.74, 6) is -0.706. The number of aliphatic carboxylic acids is 1. The van der Waals surface area contributed by atoms with Gasteiger partial charge in [0.05, 0.1) is 5.92 Å². The van der Waals surface area contributed by atoms with Crippen molar-refractivity contribution in [2.75, 3.05) is 13.1 Å². The summed E-state index contributed by atoms with van der Waals surface area (Å²) < 4.78 is 0. The Morgan fingerprint density at radius 2 is 1.75 bits per heavy atom. The van der Waals surface area contributed by atoms with Crippen LogP contribution in [0.25, 0.3) is 0 Å². The first kappa shape index (κ1) is 13.5. The van der Waals surface area contributed by atoms with E-state index in [2.05, 4.69) is 18.7 Å². The molecule has 16 heavy (non-hydrogen) atoms. The molecule has 3 heteroatoms. The molecule has 1 fully saturated rings. The Kier molecular flexibility index (Phi) is 5.81. The van der Waals surface area contributed by atoms with Gasteiger partial charge in [-0.1, -0.05) is 26.7 Å². The molecular weight excluding hydrogens is 202 g/mol. The lowest BCUT2D eigenvalue weighted by Crippen LogP contribution is -2.50. The maximum absolute atomic E-state index is 11.0. The molecule has 0 spiro atoms. The van der Waals surface area contributed by atoms with Gasteiger partial charge in [0, 0.05) is 6.04 Å². The Morgan fingerprint density at radius 3 is 2.06 bits per heavy atom. The van der Waals surface area contributed by atoms with Crippen molar-refractivity contribution in [3.05, 3.63) is 0 Å². The van der Waals surface area contributed by atoms with Crippen molar-refractivity contribution < 1.29 is 9.90 Å². The molecule has 0 amide bonds. The first-order chi connectivity index (χ1) is 7.70. The molecule has 1 aliphatic carbocycles. The highest BCUT2D eigenvalue weighted by Crippen LogP contribution is 2.32. The van der Waals surface area contributed by atoms with Gasteiger partial charge in [0.25, 0.3) is 0 Å². The minimum absolute atomic E-state index is 0.103. The molecule has 0 heterocycles. The van der Waals surface area contributed by atoms with Crippen molar-refractivity contribution in [3.63, 3.8) is 0 Å². The van der Waals surface area contributed by atoms with Gasteiger partial charge in [0.1, 0.15) is 0 Å². The van der Waals surface area contributed by atoms with Crippen LogP contribution in [0.2, 0.25) is 0 Å². The van der Waals surface area contributed by atoms with Crippen molar-refractivity contribution in [2.45, 2.75) is 58.4 Å². The molecule has 3 nitrogen and oxygen atoms in total. The molecule has 0 aliphatic heterocycles. The smallest absolute Gasteiger partial charge is 0.308 e. The summed E-state index contributed by atoms with van der Waals surface area (Å²) in [6.07, 6.45) is 6.69. The minimum Gasteiger partial charge on any atom is -0.481 e. The van der Waals surface area contributed by atoms with E-state index in [-0.39, 0.29) is 5.92 Å². The Hall–Kier alpha value is -0.570. The lowest BCUT2D eigenvalue weighted by atomic mass is 9.78. The molecule has 0 saturated heterocycles. The quantitative estimate of drug-likeness (QED) is 0.693. The topological polar surface area (TPSA) is 40.5 Å². The summed E-state index contributed by atoms with van der Waals surface area (Å²) in [6, 6.07) is 0.315. The molecule has 0 radical (unpaired) electrons. The van der Waals surface area contributed by atoms with Gasteiger partial charge in [-0.2, -0.15) is 0 Å². The Bertz CT molecular complexity index is 210. The van der Waals surface area contributed by atoms with Gasteiger partial charge in [-0.15, -0.1) is 0 Å². The van der Waals surface area contributed by atoms with E-state index < -0.39 is 5.97 Å². The van der Waals surface area contributed by atoms with E-state index in [0.29, 0.717) is 6.04 Å². The molecule has 94 valence electrons. The van der Waals surface area contributed by atoms with Gasteiger partial charge < -0.3 is 5.11 Å². The van der Waals surface area contributed by atoms with Crippen LogP contribution in [0.1, 0.15) is 52.4 Å². The largest absolute Gasteiger partial charge is 0.481 e. The standard InChI is InChI=1S/C13H25NO2/c1-3-5-9-14(10-6-4-2)12-8-7-11(12)13(15)16/h11-12H,3-10H2,1-2H3,(H,15,16). The van der Waals surface area contributed by atoms with Crippen LogP contribution in [0.4, 0.5) is 0 Å². The average molecular weight is 227 g/mol. The van der Waals surface area contributed by atoms with E-state index in [4.69, 9.17) is 5.11 Å². The van der Waals surface area contributed by atoms with Gasteiger partial charge in [-0.3, -0.25) is 9.69 Å². The number of unbranched alkanes of at least 4 members (excludes halogenated alkanes) is 2. The first-order valence-corrected chi connectivity index (χ1v) is 6.67. The Morgan fingerprint density at radius 1 is 1.19 bits per heavy atom. The summed E-state index contributed by atoms with van der Waals surface area (Å²) >= 11 is 0. The first-order valence-electron chi connectivity index (χ1n) is 6.67. The Balaban J connectivity index is 2.43. The lowest BCUT2D eigenvalue weighted by Gasteiger charge is -2.42. The Labute approximate surface area is 98.8 Å². The number of carboxylic acid groups (broad SMARTS) is 1. The molecule has 2 atom stereocenters. The van der Waals surface area contributed by atoms with E-state index in [1.807, 2.05) is 0 Å². The molecule has 2 unspecified atom stereocenters.